The molecule has 2 amide bonds. The summed E-state index contributed by atoms with van der Waals surface area (Å²) in [6.07, 6.45) is 2.00. The van der Waals surface area contributed by atoms with E-state index in [1.807, 2.05) is 24.3 Å². The lowest BCUT2D eigenvalue weighted by atomic mass is 10.1. The standard InChI is InChI=1S/C21H24N2O5/c1-3-15-4-6-16(7-5-15)20(26)22-8-10-23(11-9-22)21(27)19-14(2)13-28-17(19)12-18(24)25/h4-7,13H,3,8-12H2,1-2H3,(H,24,25). The maximum absolute atomic E-state index is 12.9. The van der Waals surface area contributed by atoms with E-state index in [-0.39, 0.29) is 24.0 Å². The zero-order chi connectivity index (χ0) is 20.3. The fourth-order valence-electron chi connectivity index (χ4n) is 3.39. The number of rotatable bonds is 5. The highest BCUT2D eigenvalue weighted by molar-refractivity contribution is 5.98. The number of hydrogen-bond donors (Lipinski definition) is 1. The lowest BCUT2D eigenvalue weighted by Crippen LogP contribution is -2.50. The molecular weight excluding hydrogens is 360 g/mol. The molecule has 7 heteroatoms. The number of carbonyl (C=O) groups excluding carboxylic acids is 2. The van der Waals surface area contributed by atoms with Crippen molar-refractivity contribution >= 4 is 17.8 Å². The number of hydrogen-bond acceptors (Lipinski definition) is 4. The monoisotopic (exact) mass is 384 g/mol. The van der Waals surface area contributed by atoms with E-state index in [0.717, 1.165) is 6.42 Å². The zero-order valence-electron chi connectivity index (χ0n) is 16.1. The first-order valence-electron chi connectivity index (χ1n) is 9.37. The summed E-state index contributed by atoms with van der Waals surface area (Å²) in [5, 5.41) is 9.00. The average molecular weight is 384 g/mol. The maximum Gasteiger partial charge on any atom is 0.311 e. The quantitative estimate of drug-likeness (QED) is 0.855. The fourth-order valence-corrected chi connectivity index (χ4v) is 3.39. The predicted octanol–water partition coefficient (Wildman–Crippen LogP) is 2.38. The molecule has 1 saturated heterocycles. The largest absolute Gasteiger partial charge is 0.481 e. The van der Waals surface area contributed by atoms with E-state index in [1.165, 1.54) is 11.8 Å². The van der Waals surface area contributed by atoms with Crippen LogP contribution in [0.4, 0.5) is 0 Å². The third kappa shape index (κ3) is 4.08. The van der Waals surface area contributed by atoms with E-state index >= 15 is 0 Å². The summed E-state index contributed by atoms with van der Waals surface area (Å²) in [6, 6.07) is 7.59. The van der Waals surface area contributed by atoms with Crippen LogP contribution in [0.5, 0.6) is 0 Å². The van der Waals surface area contributed by atoms with E-state index in [1.54, 1.807) is 16.7 Å². The van der Waals surface area contributed by atoms with Crippen molar-refractivity contribution in [3.8, 4) is 0 Å². The van der Waals surface area contributed by atoms with Gasteiger partial charge in [0.2, 0.25) is 0 Å². The Labute approximate surface area is 163 Å². The Bertz CT molecular complexity index is 877. The van der Waals surface area contributed by atoms with E-state index in [4.69, 9.17) is 9.52 Å². The number of amides is 2. The van der Waals surface area contributed by atoms with Crippen LogP contribution < -0.4 is 0 Å². The summed E-state index contributed by atoms with van der Waals surface area (Å²) in [5.74, 6) is -1.17. The molecule has 0 atom stereocenters. The van der Waals surface area contributed by atoms with Gasteiger partial charge in [-0.3, -0.25) is 14.4 Å². The summed E-state index contributed by atoms with van der Waals surface area (Å²) >= 11 is 0. The molecular formula is C21H24N2O5. The Kier molecular flexibility index (Phi) is 5.82. The highest BCUT2D eigenvalue weighted by atomic mass is 16.4. The van der Waals surface area contributed by atoms with Crippen LogP contribution in [-0.2, 0) is 17.6 Å². The maximum atomic E-state index is 12.9. The van der Waals surface area contributed by atoms with Gasteiger partial charge < -0.3 is 19.3 Å². The van der Waals surface area contributed by atoms with Gasteiger partial charge in [-0.15, -0.1) is 0 Å². The van der Waals surface area contributed by atoms with Crippen LogP contribution in [0.3, 0.4) is 0 Å². The Balaban J connectivity index is 1.65. The van der Waals surface area contributed by atoms with Gasteiger partial charge in [-0.25, -0.2) is 0 Å². The summed E-state index contributed by atoms with van der Waals surface area (Å²) in [5.41, 5.74) is 2.76. The minimum Gasteiger partial charge on any atom is -0.481 e. The van der Waals surface area contributed by atoms with Gasteiger partial charge >= 0.3 is 5.97 Å². The SMILES string of the molecule is CCc1ccc(C(=O)N2CCN(C(=O)c3c(C)coc3CC(=O)O)CC2)cc1. The second-order valence-electron chi connectivity index (χ2n) is 6.92. The molecule has 1 aromatic carbocycles. The van der Waals surface area contributed by atoms with Gasteiger partial charge in [0.1, 0.15) is 12.2 Å². The highest BCUT2D eigenvalue weighted by Crippen LogP contribution is 2.21. The molecule has 0 radical (unpaired) electrons. The molecule has 28 heavy (non-hydrogen) atoms. The first-order chi connectivity index (χ1) is 13.4. The van der Waals surface area contributed by atoms with Gasteiger partial charge in [-0.05, 0) is 31.0 Å². The van der Waals surface area contributed by atoms with E-state index in [2.05, 4.69) is 6.92 Å². The average Bonchev–Trinajstić information content (AvgIpc) is 3.06. The molecule has 7 nitrogen and oxygen atoms in total. The van der Waals surface area contributed by atoms with Crippen molar-refractivity contribution in [1.82, 2.24) is 9.80 Å². The number of carboxylic acid groups (broad SMARTS) is 1. The molecule has 0 spiro atoms. The fraction of sp³-hybridized carbons (Fsp3) is 0.381. The molecule has 1 fully saturated rings. The Morgan fingerprint density at radius 2 is 1.57 bits per heavy atom. The number of benzene rings is 1. The first kappa shape index (κ1) is 19.7. The highest BCUT2D eigenvalue weighted by Gasteiger charge is 2.29. The van der Waals surface area contributed by atoms with Crippen molar-refractivity contribution < 1.29 is 23.9 Å². The Morgan fingerprint density at radius 1 is 1.00 bits per heavy atom. The normalized spacial score (nSPS) is 14.2. The van der Waals surface area contributed by atoms with Crippen molar-refractivity contribution in [3.63, 3.8) is 0 Å². The van der Waals surface area contributed by atoms with Gasteiger partial charge in [-0.2, -0.15) is 0 Å². The molecule has 1 aliphatic rings. The number of carbonyl (C=O) groups is 3. The van der Waals surface area contributed by atoms with Crippen molar-refractivity contribution in [2.75, 3.05) is 26.2 Å². The zero-order valence-corrected chi connectivity index (χ0v) is 16.1. The van der Waals surface area contributed by atoms with E-state index < -0.39 is 5.97 Å². The summed E-state index contributed by atoms with van der Waals surface area (Å²) in [6.45, 7) is 5.46. The summed E-state index contributed by atoms with van der Waals surface area (Å²) < 4.78 is 5.26. The van der Waals surface area contributed by atoms with Crippen molar-refractivity contribution in [3.05, 3.63) is 58.5 Å². The number of carboxylic acids is 1. The summed E-state index contributed by atoms with van der Waals surface area (Å²) in [4.78, 5) is 39.9. The van der Waals surface area contributed by atoms with Crippen molar-refractivity contribution in [1.29, 1.82) is 0 Å². The van der Waals surface area contributed by atoms with Crippen LogP contribution >= 0.6 is 0 Å². The minimum absolute atomic E-state index is 0.0409. The molecule has 0 unspecified atom stereocenters. The molecule has 1 N–H and O–H groups in total. The second kappa shape index (κ2) is 8.29. The molecule has 1 aromatic heterocycles. The van der Waals surface area contributed by atoms with Crippen LogP contribution in [0.2, 0.25) is 0 Å². The number of furan rings is 1. The number of aliphatic carboxylic acids is 1. The van der Waals surface area contributed by atoms with Crippen LogP contribution in [0.1, 0.15) is 44.5 Å². The van der Waals surface area contributed by atoms with Gasteiger partial charge in [0, 0.05) is 37.3 Å². The smallest absolute Gasteiger partial charge is 0.311 e. The molecule has 2 heterocycles. The molecule has 148 valence electrons. The first-order valence-corrected chi connectivity index (χ1v) is 9.37. The van der Waals surface area contributed by atoms with E-state index in [0.29, 0.717) is 42.9 Å². The molecule has 0 saturated carbocycles. The van der Waals surface area contributed by atoms with Crippen LogP contribution in [0.25, 0.3) is 0 Å². The molecule has 0 bridgehead atoms. The van der Waals surface area contributed by atoms with Gasteiger partial charge in [-0.1, -0.05) is 19.1 Å². The topological polar surface area (TPSA) is 91.1 Å². The third-order valence-electron chi connectivity index (χ3n) is 5.04. The van der Waals surface area contributed by atoms with Gasteiger partial charge in [0.05, 0.1) is 11.8 Å². The van der Waals surface area contributed by atoms with Crippen molar-refractivity contribution in [2.24, 2.45) is 0 Å². The third-order valence-corrected chi connectivity index (χ3v) is 5.04. The molecule has 3 rings (SSSR count). The minimum atomic E-state index is -1.05. The van der Waals surface area contributed by atoms with Gasteiger partial charge in [0.15, 0.2) is 0 Å². The number of aryl methyl sites for hydroxylation is 2. The predicted molar refractivity (Wildman–Crippen MR) is 102 cm³/mol. The van der Waals surface area contributed by atoms with Crippen LogP contribution in [0, 0.1) is 6.92 Å². The Hall–Kier alpha value is -3.09. The van der Waals surface area contributed by atoms with Crippen LogP contribution in [-0.4, -0.2) is 58.9 Å². The lowest BCUT2D eigenvalue weighted by Gasteiger charge is -2.35. The Morgan fingerprint density at radius 3 is 2.11 bits per heavy atom. The van der Waals surface area contributed by atoms with E-state index in [9.17, 15) is 14.4 Å². The summed E-state index contributed by atoms with van der Waals surface area (Å²) in [7, 11) is 0. The number of piperazine rings is 1. The molecule has 1 aliphatic heterocycles. The van der Waals surface area contributed by atoms with Crippen LogP contribution in [0.15, 0.2) is 34.9 Å². The lowest BCUT2D eigenvalue weighted by molar-refractivity contribution is -0.136. The molecule has 0 aliphatic carbocycles. The number of nitrogens with zero attached hydrogens (tertiary/aromatic N) is 2. The second-order valence-corrected chi connectivity index (χ2v) is 6.92. The van der Waals surface area contributed by atoms with Crippen molar-refractivity contribution in [2.45, 2.75) is 26.7 Å². The molecule has 2 aromatic rings. The van der Waals surface area contributed by atoms with Gasteiger partial charge in [0.25, 0.3) is 11.8 Å².